The van der Waals surface area contributed by atoms with Crippen molar-refractivity contribution in [3.05, 3.63) is 47.3 Å². The second-order valence-corrected chi connectivity index (χ2v) is 5.18. The van der Waals surface area contributed by atoms with Gasteiger partial charge in [-0.1, -0.05) is 18.2 Å². The van der Waals surface area contributed by atoms with Crippen LogP contribution in [0.2, 0.25) is 0 Å². The van der Waals surface area contributed by atoms with Gasteiger partial charge >= 0.3 is 5.97 Å². The third-order valence-electron chi connectivity index (χ3n) is 4.04. The number of epoxide rings is 1. The summed E-state index contributed by atoms with van der Waals surface area (Å²) in [7, 11) is 0. The molecule has 0 saturated carbocycles. The van der Waals surface area contributed by atoms with Crippen molar-refractivity contribution in [1.82, 2.24) is 0 Å². The number of benzene rings is 1. The molecule has 1 heterocycles. The van der Waals surface area contributed by atoms with Gasteiger partial charge in [0.2, 0.25) is 0 Å². The highest BCUT2D eigenvalue weighted by molar-refractivity contribution is 6.13. The molecule has 3 aliphatic rings. The van der Waals surface area contributed by atoms with Gasteiger partial charge in [0, 0.05) is 18.1 Å². The molecule has 2 atom stereocenters. The third-order valence-corrected chi connectivity index (χ3v) is 4.04. The molecule has 0 amide bonds. The minimum atomic E-state index is -1.06. The molecule has 1 aliphatic heterocycles. The van der Waals surface area contributed by atoms with Gasteiger partial charge in [-0.25, -0.2) is 4.39 Å². The van der Waals surface area contributed by atoms with Crippen molar-refractivity contribution in [2.45, 2.75) is 25.2 Å². The summed E-state index contributed by atoms with van der Waals surface area (Å²) < 4.78 is 24.8. The van der Waals surface area contributed by atoms with Crippen molar-refractivity contribution >= 4 is 17.1 Å². The number of fused-ring (bicyclic) bond motifs is 5. The van der Waals surface area contributed by atoms with Crippen molar-refractivity contribution in [3.63, 3.8) is 0 Å². The van der Waals surface area contributed by atoms with E-state index in [2.05, 4.69) is 0 Å². The van der Waals surface area contributed by atoms with Crippen molar-refractivity contribution in [1.29, 1.82) is 0 Å². The van der Waals surface area contributed by atoms with Gasteiger partial charge in [0.05, 0.1) is 0 Å². The van der Waals surface area contributed by atoms with Crippen LogP contribution in [0.4, 0.5) is 4.39 Å². The first kappa shape index (κ1) is 10.9. The van der Waals surface area contributed by atoms with Crippen LogP contribution in [0.3, 0.4) is 0 Å². The second-order valence-electron chi connectivity index (χ2n) is 5.18. The molecule has 1 saturated heterocycles. The Kier molecular flexibility index (Phi) is 1.71. The van der Waals surface area contributed by atoms with E-state index in [1.54, 1.807) is 12.1 Å². The van der Waals surface area contributed by atoms with Crippen molar-refractivity contribution in [3.8, 4) is 0 Å². The molecular weight excluding hydrogens is 247 g/mol. The summed E-state index contributed by atoms with van der Waals surface area (Å²) in [6.45, 7) is 3.16. The van der Waals surface area contributed by atoms with E-state index in [4.69, 9.17) is 9.47 Å². The van der Waals surface area contributed by atoms with Gasteiger partial charge in [-0.05, 0) is 30.2 Å². The van der Waals surface area contributed by atoms with Crippen molar-refractivity contribution in [2.75, 3.05) is 0 Å². The maximum atomic E-state index is 13.9. The Bertz CT molecular complexity index is 703. The molecule has 2 aliphatic carbocycles. The van der Waals surface area contributed by atoms with Gasteiger partial charge in [0.1, 0.15) is 5.82 Å². The monoisotopic (exact) mass is 258 g/mol. The van der Waals surface area contributed by atoms with Gasteiger partial charge in [-0.3, -0.25) is 4.79 Å². The molecular formula is C15H11FO3. The van der Waals surface area contributed by atoms with Crippen LogP contribution in [0.1, 0.15) is 25.0 Å². The number of halogens is 1. The molecule has 0 radical (unpaired) electrons. The number of hydrogen-bond acceptors (Lipinski definition) is 3. The van der Waals surface area contributed by atoms with Crippen LogP contribution >= 0.6 is 0 Å². The first-order valence-corrected chi connectivity index (χ1v) is 6.11. The summed E-state index contributed by atoms with van der Waals surface area (Å²) in [6.07, 6.45) is 3.58. The van der Waals surface area contributed by atoms with E-state index < -0.39 is 17.4 Å². The molecule has 1 aromatic carbocycles. The SMILES string of the molecule is CC(=O)OC12C=CC3=C(c4c(F)cccc43)C1(C)O2. The van der Waals surface area contributed by atoms with E-state index in [1.807, 2.05) is 19.1 Å². The lowest BCUT2D eigenvalue weighted by Gasteiger charge is -2.32. The highest BCUT2D eigenvalue weighted by atomic mass is 19.1. The summed E-state index contributed by atoms with van der Waals surface area (Å²) in [5, 5.41) is 0. The average molecular weight is 258 g/mol. The molecule has 2 unspecified atom stereocenters. The average Bonchev–Trinajstić information content (AvgIpc) is 2.87. The normalized spacial score (nSPS) is 33.0. The lowest BCUT2D eigenvalue weighted by Crippen LogP contribution is -2.33. The molecule has 1 fully saturated rings. The molecule has 19 heavy (non-hydrogen) atoms. The maximum Gasteiger partial charge on any atom is 0.305 e. The van der Waals surface area contributed by atoms with Crippen LogP contribution in [0.25, 0.3) is 11.1 Å². The van der Waals surface area contributed by atoms with Crippen LogP contribution in [0.5, 0.6) is 0 Å². The number of rotatable bonds is 1. The fourth-order valence-electron chi connectivity index (χ4n) is 3.13. The Labute approximate surface area is 109 Å². The van der Waals surface area contributed by atoms with Crippen LogP contribution in [-0.4, -0.2) is 17.4 Å². The van der Waals surface area contributed by atoms with Crippen LogP contribution in [0, 0.1) is 5.82 Å². The topological polar surface area (TPSA) is 38.8 Å². The quantitative estimate of drug-likeness (QED) is 0.574. The van der Waals surface area contributed by atoms with Crippen molar-refractivity contribution in [2.24, 2.45) is 0 Å². The largest absolute Gasteiger partial charge is 0.426 e. The zero-order chi connectivity index (χ0) is 13.4. The predicted molar refractivity (Wildman–Crippen MR) is 66.3 cm³/mol. The molecule has 0 spiro atoms. The highest BCUT2D eigenvalue weighted by Gasteiger charge is 2.74. The molecule has 0 bridgehead atoms. The minimum absolute atomic E-state index is 0.264. The number of carbonyl (C=O) groups excluding carboxylic acids is 1. The van der Waals surface area contributed by atoms with Gasteiger partial charge in [-0.15, -0.1) is 0 Å². The number of hydrogen-bond donors (Lipinski definition) is 0. The van der Waals surface area contributed by atoms with Crippen molar-refractivity contribution < 1.29 is 18.7 Å². The number of allylic oxidation sites excluding steroid dienone is 2. The van der Waals surface area contributed by atoms with E-state index in [-0.39, 0.29) is 5.82 Å². The van der Waals surface area contributed by atoms with E-state index in [0.29, 0.717) is 5.56 Å². The van der Waals surface area contributed by atoms with E-state index >= 15 is 0 Å². The molecule has 1 aromatic rings. The van der Waals surface area contributed by atoms with E-state index in [0.717, 1.165) is 16.7 Å². The highest BCUT2D eigenvalue weighted by Crippen LogP contribution is 2.66. The van der Waals surface area contributed by atoms with Gasteiger partial charge in [0.15, 0.2) is 5.60 Å². The van der Waals surface area contributed by atoms with Crippen LogP contribution < -0.4 is 0 Å². The number of carbonyl (C=O) groups is 1. The lowest BCUT2D eigenvalue weighted by atomic mass is 9.70. The number of esters is 1. The van der Waals surface area contributed by atoms with Crippen LogP contribution in [-0.2, 0) is 14.3 Å². The molecule has 4 heteroatoms. The Balaban J connectivity index is 1.83. The Hall–Kier alpha value is -1.94. The van der Waals surface area contributed by atoms with Crippen LogP contribution in [0.15, 0.2) is 30.4 Å². The zero-order valence-electron chi connectivity index (χ0n) is 10.5. The molecule has 96 valence electrons. The van der Waals surface area contributed by atoms with Gasteiger partial charge in [0.25, 0.3) is 5.79 Å². The van der Waals surface area contributed by atoms with Gasteiger partial charge < -0.3 is 9.47 Å². The maximum absolute atomic E-state index is 13.9. The van der Waals surface area contributed by atoms with E-state index in [9.17, 15) is 9.18 Å². The first-order chi connectivity index (χ1) is 8.98. The Morgan fingerprint density at radius 2 is 2.21 bits per heavy atom. The second kappa shape index (κ2) is 2.96. The minimum Gasteiger partial charge on any atom is -0.426 e. The standard InChI is InChI=1S/C15H11FO3/c1-8(17)18-15-7-6-10-9-4-3-5-11(16)12(9)13(10)14(15,2)19-15/h3-7H,1-2H3. The summed E-state index contributed by atoms with van der Waals surface area (Å²) >= 11 is 0. The molecule has 0 aromatic heterocycles. The smallest absolute Gasteiger partial charge is 0.305 e. The number of ether oxygens (including phenoxy) is 2. The van der Waals surface area contributed by atoms with E-state index in [1.165, 1.54) is 13.0 Å². The predicted octanol–water partition coefficient (Wildman–Crippen LogP) is 2.67. The Morgan fingerprint density at radius 1 is 1.42 bits per heavy atom. The summed E-state index contributed by atoms with van der Waals surface area (Å²) in [5.74, 6) is -1.73. The first-order valence-electron chi connectivity index (χ1n) is 6.11. The Morgan fingerprint density at radius 3 is 2.95 bits per heavy atom. The molecule has 4 rings (SSSR count). The summed E-state index contributed by atoms with van der Waals surface area (Å²) in [4.78, 5) is 11.2. The molecule has 0 N–H and O–H groups in total. The fraction of sp³-hybridized carbons (Fsp3) is 0.267. The summed E-state index contributed by atoms with van der Waals surface area (Å²) in [6, 6.07) is 5.00. The molecule has 3 nitrogen and oxygen atoms in total. The third kappa shape index (κ3) is 1.09. The zero-order valence-corrected chi connectivity index (χ0v) is 10.5. The van der Waals surface area contributed by atoms with Gasteiger partial charge in [-0.2, -0.15) is 0 Å². The lowest BCUT2D eigenvalue weighted by molar-refractivity contribution is -0.151. The summed E-state index contributed by atoms with van der Waals surface area (Å²) in [5.41, 5.74) is 2.47. The fourth-order valence-corrected chi connectivity index (χ4v) is 3.13.